The molecule has 2 saturated heterocycles. The number of methoxy groups -OCH3 is 1. The fourth-order valence-corrected chi connectivity index (χ4v) is 4.42. The summed E-state index contributed by atoms with van der Waals surface area (Å²) in [7, 11) is 1.73. The number of hydrogen-bond donors (Lipinski definition) is 0. The first-order valence-electron chi connectivity index (χ1n) is 10.5. The van der Waals surface area contributed by atoms with Crippen LogP contribution in [0.5, 0.6) is 5.75 Å². The van der Waals surface area contributed by atoms with E-state index in [1.807, 2.05) is 18.3 Å². The molecule has 3 heterocycles. The molecule has 0 spiro atoms. The summed E-state index contributed by atoms with van der Waals surface area (Å²) in [5, 5.41) is 0. The van der Waals surface area contributed by atoms with Crippen LogP contribution in [0.1, 0.15) is 32.6 Å². The summed E-state index contributed by atoms with van der Waals surface area (Å²) in [5.41, 5.74) is 1.17. The first kappa shape index (κ1) is 18.8. The first-order chi connectivity index (χ1) is 13.8. The Balaban J connectivity index is 1.45. The predicted octanol–water partition coefficient (Wildman–Crippen LogP) is 3.58. The maximum Gasteiger partial charge on any atom is 0.227 e. The number of nitrogens with zero attached hydrogens (tertiary/aromatic N) is 5. The number of benzene rings is 1. The van der Waals surface area contributed by atoms with Crippen molar-refractivity contribution in [2.24, 2.45) is 0 Å². The summed E-state index contributed by atoms with van der Waals surface area (Å²) in [4.78, 5) is 16.7. The minimum absolute atomic E-state index is 0.610. The lowest BCUT2D eigenvalue weighted by Gasteiger charge is -2.38. The van der Waals surface area contributed by atoms with Crippen LogP contribution in [0.15, 0.2) is 36.5 Å². The summed E-state index contributed by atoms with van der Waals surface area (Å²) < 4.78 is 5.53. The van der Waals surface area contributed by atoms with Crippen molar-refractivity contribution in [2.75, 3.05) is 54.5 Å². The van der Waals surface area contributed by atoms with E-state index in [0.717, 1.165) is 50.2 Å². The molecule has 2 fully saturated rings. The van der Waals surface area contributed by atoms with Crippen LogP contribution < -0.4 is 19.4 Å². The van der Waals surface area contributed by atoms with Gasteiger partial charge in [0.25, 0.3) is 0 Å². The molecule has 150 valence electrons. The van der Waals surface area contributed by atoms with Crippen LogP contribution in [0.4, 0.5) is 17.5 Å². The molecule has 0 amide bonds. The molecule has 2 aliphatic rings. The molecule has 0 N–H and O–H groups in total. The number of rotatable bonds is 5. The second-order valence-electron chi connectivity index (χ2n) is 7.61. The zero-order valence-electron chi connectivity index (χ0n) is 17.0. The normalized spacial score (nSPS) is 20.4. The van der Waals surface area contributed by atoms with E-state index in [1.54, 1.807) is 7.11 Å². The Kier molecular flexibility index (Phi) is 5.84. The molecule has 1 aromatic heterocycles. The van der Waals surface area contributed by atoms with Gasteiger partial charge < -0.3 is 19.4 Å². The molecule has 1 unspecified atom stereocenters. The predicted molar refractivity (Wildman–Crippen MR) is 115 cm³/mol. The third-order valence-corrected chi connectivity index (χ3v) is 6.01. The van der Waals surface area contributed by atoms with E-state index in [2.05, 4.69) is 44.8 Å². The smallest absolute Gasteiger partial charge is 0.227 e. The molecule has 28 heavy (non-hydrogen) atoms. The van der Waals surface area contributed by atoms with Crippen molar-refractivity contribution in [3.05, 3.63) is 36.5 Å². The highest BCUT2D eigenvalue weighted by atomic mass is 16.5. The van der Waals surface area contributed by atoms with Crippen LogP contribution in [0.3, 0.4) is 0 Å². The summed E-state index contributed by atoms with van der Waals surface area (Å²) in [6.07, 6.45) is 6.96. The highest BCUT2D eigenvalue weighted by Crippen LogP contribution is 2.29. The third-order valence-electron chi connectivity index (χ3n) is 6.01. The van der Waals surface area contributed by atoms with Gasteiger partial charge >= 0.3 is 0 Å². The maximum atomic E-state index is 5.53. The Bertz CT molecular complexity index is 775. The van der Waals surface area contributed by atoms with E-state index in [1.165, 1.54) is 31.4 Å². The van der Waals surface area contributed by atoms with Gasteiger partial charge in [0.1, 0.15) is 11.6 Å². The van der Waals surface area contributed by atoms with E-state index in [4.69, 9.17) is 9.72 Å². The number of anilines is 3. The van der Waals surface area contributed by atoms with Crippen molar-refractivity contribution in [2.45, 2.75) is 38.6 Å². The van der Waals surface area contributed by atoms with Crippen molar-refractivity contribution >= 4 is 17.5 Å². The lowest BCUT2D eigenvalue weighted by atomic mass is 10.0. The molecule has 4 rings (SSSR count). The average molecular weight is 382 g/mol. The fourth-order valence-electron chi connectivity index (χ4n) is 4.42. The van der Waals surface area contributed by atoms with Gasteiger partial charge in [-0.15, -0.1) is 0 Å². The quantitative estimate of drug-likeness (QED) is 0.789. The minimum Gasteiger partial charge on any atom is -0.495 e. The van der Waals surface area contributed by atoms with Gasteiger partial charge in [-0.3, -0.25) is 0 Å². The number of ether oxygens (including phenoxy) is 1. The van der Waals surface area contributed by atoms with E-state index >= 15 is 0 Å². The van der Waals surface area contributed by atoms with E-state index in [9.17, 15) is 0 Å². The van der Waals surface area contributed by atoms with Crippen molar-refractivity contribution in [3.63, 3.8) is 0 Å². The van der Waals surface area contributed by atoms with Gasteiger partial charge in [0.05, 0.1) is 12.8 Å². The van der Waals surface area contributed by atoms with Crippen LogP contribution in [0.2, 0.25) is 0 Å². The minimum atomic E-state index is 0.610. The highest BCUT2D eigenvalue weighted by molar-refractivity contribution is 5.59. The molecule has 1 aromatic carbocycles. The fraction of sp³-hybridized carbons (Fsp3) is 0.545. The van der Waals surface area contributed by atoms with Crippen molar-refractivity contribution < 1.29 is 4.74 Å². The number of piperazine rings is 1. The largest absolute Gasteiger partial charge is 0.495 e. The molecule has 2 aliphatic heterocycles. The van der Waals surface area contributed by atoms with Crippen molar-refractivity contribution in [1.82, 2.24) is 9.97 Å². The maximum absolute atomic E-state index is 5.53. The van der Waals surface area contributed by atoms with Crippen molar-refractivity contribution in [1.29, 1.82) is 0 Å². The zero-order chi connectivity index (χ0) is 19.3. The van der Waals surface area contributed by atoms with Crippen LogP contribution in [0.25, 0.3) is 0 Å². The van der Waals surface area contributed by atoms with Crippen LogP contribution in [-0.4, -0.2) is 55.8 Å². The highest BCUT2D eigenvalue weighted by Gasteiger charge is 2.25. The number of piperidine rings is 1. The summed E-state index contributed by atoms with van der Waals surface area (Å²) >= 11 is 0. The number of aromatic nitrogens is 2. The molecule has 0 aliphatic carbocycles. The summed E-state index contributed by atoms with van der Waals surface area (Å²) in [6, 6.07) is 10.9. The van der Waals surface area contributed by atoms with Gasteiger partial charge in [-0.25, -0.2) is 4.98 Å². The van der Waals surface area contributed by atoms with Gasteiger partial charge in [-0.1, -0.05) is 19.1 Å². The monoisotopic (exact) mass is 381 g/mol. The van der Waals surface area contributed by atoms with Gasteiger partial charge in [0.2, 0.25) is 5.95 Å². The SMILES string of the molecule is CCC1CCCCN1c1ccnc(N2CCN(c3ccccc3OC)CC2)n1. The van der Waals surface area contributed by atoms with E-state index in [-0.39, 0.29) is 0 Å². The Morgan fingerprint density at radius 2 is 1.79 bits per heavy atom. The van der Waals surface area contributed by atoms with Gasteiger partial charge in [0, 0.05) is 45.0 Å². The summed E-state index contributed by atoms with van der Waals surface area (Å²) in [6.45, 7) is 7.10. The van der Waals surface area contributed by atoms with Crippen LogP contribution >= 0.6 is 0 Å². The third kappa shape index (κ3) is 3.86. The second-order valence-corrected chi connectivity index (χ2v) is 7.61. The summed E-state index contributed by atoms with van der Waals surface area (Å²) in [5.74, 6) is 2.88. The second kappa shape index (κ2) is 8.67. The molecule has 6 heteroatoms. The Morgan fingerprint density at radius 3 is 2.57 bits per heavy atom. The number of para-hydroxylation sites is 2. The van der Waals surface area contributed by atoms with Gasteiger partial charge in [-0.05, 0) is 43.9 Å². The van der Waals surface area contributed by atoms with Crippen molar-refractivity contribution in [3.8, 4) is 5.75 Å². The number of hydrogen-bond acceptors (Lipinski definition) is 6. The molecule has 0 radical (unpaired) electrons. The average Bonchev–Trinajstić information content (AvgIpc) is 2.79. The lowest BCUT2D eigenvalue weighted by Crippen LogP contribution is -2.47. The van der Waals surface area contributed by atoms with Crippen LogP contribution in [-0.2, 0) is 0 Å². The Hall–Kier alpha value is -2.50. The van der Waals surface area contributed by atoms with Gasteiger partial charge in [0.15, 0.2) is 0 Å². The Morgan fingerprint density at radius 1 is 1.00 bits per heavy atom. The molecule has 2 aromatic rings. The first-order valence-corrected chi connectivity index (χ1v) is 10.5. The van der Waals surface area contributed by atoms with E-state index < -0.39 is 0 Å². The molecule has 6 nitrogen and oxygen atoms in total. The molecule has 0 saturated carbocycles. The Labute approximate surface area is 168 Å². The molecular formula is C22H31N5O. The standard InChI is InChI=1S/C22H31N5O/c1-3-18-8-6-7-13-27(18)21-11-12-23-22(24-21)26-16-14-25(15-17-26)19-9-4-5-10-20(19)28-2/h4-5,9-12,18H,3,6-8,13-17H2,1-2H3. The topological polar surface area (TPSA) is 44.7 Å². The lowest BCUT2D eigenvalue weighted by molar-refractivity contribution is 0.413. The van der Waals surface area contributed by atoms with Gasteiger partial charge in [-0.2, -0.15) is 4.98 Å². The molecule has 1 atom stereocenters. The van der Waals surface area contributed by atoms with Crippen LogP contribution in [0, 0.1) is 0 Å². The molecular weight excluding hydrogens is 350 g/mol. The van der Waals surface area contributed by atoms with E-state index in [0.29, 0.717) is 6.04 Å². The molecule has 0 bridgehead atoms. The zero-order valence-corrected chi connectivity index (χ0v) is 17.0.